The van der Waals surface area contributed by atoms with Gasteiger partial charge in [0.05, 0.1) is 6.61 Å². The van der Waals surface area contributed by atoms with Crippen molar-refractivity contribution in [1.29, 1.82) is 0 Å². The largest absolute Gasteiger partial charge is 0.449 e. The Labute approximate surface area is 167 Å². The number of hydrogen-bond donors (Lipinski definition) is 0. The maximum atomic E-state index is 12.2. The third-order valence-electron chi connectivity index (χ3n) is 4.57. The molecule has 1 aliphatic rings. The van der Waals surface area contributed by atoms with E-state index in [9.17, 15) is 9.59 Å². The van der Waals surface area contributed by atoms with E-state index in [2.05, 4.69) is 20.8 Å². The van der Waals surface area contributed by atoms with E-state index in [0.29, 0.717) is 37.7 Å². The molecule has 1 amide bonds. The molecule has 0 saturated carbocycles. The Bertz CT molecular complexity index is 865. The molecule has 3 rings (SSSR count). The zero-order valence-electron chi connectivity index (χ0n) is 15.7. The van der Waals surface area contributed by atoms with Crippen LogP contribution in [0.1, 0.15) is 25.8 Å². The van der Waals surface area contributed by atoms with Crippen molar-refractivity contribution in [2.45, 2.75) is 26.8 Å². The summed E-state index contributed by atoms with van der Waals surface area (Å²) < 4.78 is 11.5. The first-order valence-corrected chi connectivity index (χ1v) is 10.1. The summed E-state index contributed by atoms with van der Waals surface area (Å²) in [5, 5.41) is 0.940. The molecule has 0 radical (unpaired) electrons. The summed E-state index contributed by atoms with van der Waals surface area (Å²) in [7, 11) is 0. The number of benzene rings is 1. The summed E-state index contributed by atoms with van der Waals surface area (Å²) >= 11 is 3.41. The Kier molecular flexibility index (Phi) is 6.55. The number of carbonyl (C=O) groups is 1. The van der Waals surface area contributed by atoms with Crippen LogP contribution in [0.4, 0.5) is 4.79 Å². The second kappa shape index (κ2) is 8.89. The highest BCUT2D eigenvalue weighted by Crippen LogP contribution is 2.23. The Morgan fingerprint density at radius 3 is 2.81 bits per heavy atom. The highest BCUT2D eigenvalue weighted by atomic mass is 79.9. The molecule has 1 aromatic carbocycles. The van der Waals surface area contributed by atoms with Crippen molar-refractivity contribution in [1.82, 2.24) is 9.80 Å². The van der Waals surface area contributed by atoms with E-state index in [4.69, 9.17) is 9.15 Å². The molecule has 0 unspecified atom stereocenters. The van der Waals surface area contributed by atoms with E-state index in [1.807, 2.05) is 32.0 Å². The summed E-state index contributed by atoms with van der Waals surface area (Å²) in [4.78, 5) is 28.2. The average Bonchev–Trinajstić information content (AvgIpc) is 2.84. The number of fused-ring (bicyclic) bond motifs is 1. The molecular weight excluding hydrogens is 412 g/mol. The lowest BCUT2D eigenvalue weighted by atomic mass is 10.1. The zero-order valence-corrected chi connectivity index (χ0v) is 17.3. The molecule has 1 fully saturated rings. The van der Waals surface area contributed by atoms with Gasteiger partial charge >= 0.3 is 11.7 Å². The summed E-state index contributed by atoms with van der Waals surface area (Å²) in [6, 6.07) is 7.29. The molecule has 0 atom stereocenters. The third-order valence-corrected chi connectivity index (χ3v) is 5.07. The maximum Gasteiger partial charge on any atom is 0.409 e. The second-order valence-corrected chi connectivity index (χ2v) is 8.23. The molecule has 7 heteroatoms. The van der Waals surface area contributed by atoms with Gasteiger partial charge in [-0.05, 0) is 36.1 Å². The predicted molar refractivity (Wildman–Crippen MR) is 108 cm³/mol. The quantitative estimate of drug-likeness (QED) is 0.680. The zero-order chi connectivity index (χ0) is 19.4. The molecule has 0 bridgehead atoms. The minimum Gasteiger partial charge on any atom is -0.449 e. The van der Waals surface area contributed by atoms with Crippen LogP contribution in [0, 0.1) is 5.92 Å². The third kappa shape index (κ3) is 5.32. The van der Waals surface area contributed by atoms with Crippen molar-refractivity contribution in [2.24, 2.45) is 5.92 Å². The van der Waals surface area contributed by atoms with Gasteiger partial charge in [-0.25, -0.2) is 9.59 Å². The Morgan fingerprint density at radius 2 is 2.04 bits per heavy atom. The predicted octanol–water partition coefficient (Wildman–Crippen LogP) is 3.86. The normalized spacial score (nSPS) is 15.9. The molecule has 0 aliphatic carbocycles. The molecule has 1 aromatic heterocycles. The lowest BCUT2D eigenvalue weighted by molar-refractivity contribution is 0.0930. The van der Waals surface area contributed by atoms with Crippen LogP contribution in [-0.4, -0.2) is 48.7 Å². The highest BCUT2D eigenvalue weighted by Gasteiger charge is 2.21. The standard InChI is InChI=1S/C20H25BrN2O4/c1-14(2)13-26-20(25)23-7-3-6-22(8-9-23)12-15-10-19(24)27-18-11-16(21)4-5-17(15)18/h4-5,10-11,14H,3,6-9,12-13H2,1-2H3. The van der Waals surface area contributed by atoms with Crippen molar-refractivity contribution in [3.8, 4) is 0 Å². The van der Waals surface area contributed by atoms with E-state index >= 15 is 0 Å². The minimum atomic E-state index is -0.343. The number of nitrogens with zero attached hydrogens (tertiary/aromatic N) is 2. The van der Waals surface area contributed by atoms with Crippen LogP contribution >= 0.6 is 15.9 Å². The van der Waals surface area contributed by atoms with Gasteiger partial charge in [-0.2, -0.15) is 0 Å². The fourth-order valence-electron chi connectivity index (χ4n) is 3.22. The molecule has 0 N–H and O–H groups in total. The minimum absolute atomic E-state index is 0.235. The van der Waals surface area contributed by atoms with Crippen LogP contribution in [0.5, 0.6) is 0 Å². The average molecular weight is 437 g/mol. The van der Waals surface area contributed by atoms with Gasteiger partial charge in [0.2, 0.25) is 0 Å². The van der Waals surface area contributed by atoms with E-state index in [0.717, 1.165) is 34.9 Å². The van der Waals surface area contributed by atoms with Crippen molar-refractivity contribution in [2.75, 3.05) is 32.8 Å². The number of halogens is 1. The van der Waals surface area contributed by atoms with Gasteiger partial charge in [0, 0.05) is 48.6 Å². The summed E-state index contributed by atoms with van der Waals surface area (Å²) in [5.74, 6) is 0.329. The molecule has 2 aromatic rings. The van der Waals surface area contributed by atoms with Gasteiger partial charge in [0.15, 0.2) is 0 Å². The number of carbonyl (C=O) groups excluding carboxylic acids is 1. The van der Waals surface area contributed by atoms with Gasteiger partial charge in [0.1, 0.15) is 5.58 Å². The van der Waals surface area contributed by atoms with Crippen LogP contribution in [-0.2, 0) is 11.3 Å². The lowest BCUT2D eigenvalue weighted by Gasteiger charge is -2.22. The highest BCUT2D eigenvalue weighted by molar-refractivity contribution is 9.10. The molecule has 27 heavy (non-hydrogen) atoms. The number of amides is 1. The Hall–Kier alpha value is -1.86. The fourth-order valence-corrected chi connectivity index (χ4v) is 3.56. The molecule has 146 valence electrons. The second-order valence-electron chi connectivity index (χ2n) is 7.32. The first kappa shape index (κ1) is 19.9. The maximum absolute atomic E-state index is 12.2. The number of ether oxygens (including phenoxy) is 1. The summed E-state index contributed by atoms with van der Waals surface area (Å²) in [5.41, 5.74) is 1.19. The van der Waals surface area contributed by atoms with Crippen LogP contribution in [0.15, 0.2) is 37.9 Å². The van der Waals surface area contributed by atoms with Gasteiger partial charge in [-0.15, -0.1) is 0 Å². The van der Waals surface area contributed by atoms with Crippen LogP contribution in [0.3, 0.4) is 0 Å². The number of hydrogen-bond acceptors (Lipinski definition) is 5. The number of rotatable bonds is 4. The molecule has 0 spiro atoms. The Morgan fingerprint density at radius 1 is 1.22 bits per heavy atom. The van der Waals surface area contributed by atoms with Gasteiger partial charge in [0.25, 0.3) is 0 Å². The summed E-state index contributed by atoms with van der Waals surface area (Å²) in [6.45, 7) is 8.08. The molecule has 1 saturated heterocycles. The van der Waals surface area contributed by atoms with Gasteiger partial charge in [-0.1, -0.05) is 29.8 Å². The van der Waals surface area contributed by atoms with E-state index < -0.39 is 0 Å². The first-order chi connectivity index (χ1) is 12.9. The molecule has 1 aliphatic heterocycles. The fraction of sp³-hybridized carbons (Fsp3) is 0.500. The van der Waals surface area contributed by atoms with Gasteiger partial charge < -0.3 is 14.1 Å². The smallest absolute Gasteiger partial charge is 0.409 e. The van der Waals surface area contributed by atoms with E-state index in [1.165, 1.54) is 0 Å². The van der Waals surface area contributed by atoms with Crippen molar-refractivity contribution in [3.05, 3.63) is 44.7 Å². The van der Waals surface area contributed by atoms with Crippen molar-refractivity contribution >= 4 is 33.0 Å². The topological polar surface area (TPSA) is 63.0 Å². The molecule has 2 heterocycles. The summed E-state index contributed by atoms with van der Waals surface area (Å²) in [6.07, 6.45) is 0.642. The lowest BCUT2D eigenvalue weighted by Crippen LogP contribution is -2.36. The van der Waals surface area contributed by atoms with Gasteiger partial charge in [-0.3, -0.25) is 4.90 Å². The van der Waals surface area contributed by atoms with Crippen molar-refractivity contribution < 1.29 is 13.9 Å². The van der Waals surface area contributed by atoms with E-state index in [1.54, 1.807) is 11.0 Å². The Balaban J connectivity index is 1.68. The van der Waals surface area contributed by atoms with Crippen LogP contribution in [0.25, 0.3) is 11.0 Å². The van der Waals surface area contributed by atoms with Crippen LogP contribution < -0.4 is 5.63 Å². The molecular formula is C20H25BrN2O4. The molecule has 6 nitrogen and oxygen atoms in total. The SMILES string of the molecule is CC(C)COC(=O)N1CCCN(Cc2cc(=O)oc3cc(Br)ccc23)CC1. The first-order valence-electron chi connectivity index (χ1n) is 9.28. The van der Waals surface area contributed by atoms with Crippen LogP contribution in [0.2, 0.25) is 0 Å². The van der Waals surface area contributed by atoms with Crippen molar-refractivity contribution in [3.63, 3.8) is 0 Å². The monoisotopic (exact) mass is 436 g/mol. The van der Waals surface area contributed by atoms with E-state index in [-0.39, 0.29) is 11.7 Å².